The number of thiazole rings is 1. The summed E-state index contributed by atoms with van der Waals surface area (Å²) in [4.78, 5) is 25.8. The molecular weight excluding hydrogens is 348 g/mol. The van der Waals surface area contributed by atoms with E-state index in [1.54, 1.807) is 28.6 Å². The first-order chi connectivity index (χ1) is 12.7. The summed E-state index contributed by atoms with van der Waals surface area (Å²) in [5.41, 5.74) is 1.93. The van der Waals surface area contributed by atoms with Gasteiger partial charge < -0.3 is 4.90 Å². The zero-order valence-corrected chi connectivity index (χ0v) is 15.3. The van der Waals surface area contributed by atoms with E-state index in [-0.39, 0.29) is 11.9 Å². The van der Waals surface area contributed by atoms with E-state index in [0.717, 1.165) is 29.5 Å². The van der Waals surface area contributed by atoms with Gasteiger partial charge in [-0.2, -0.15) is 5.10 Å². The zero-order valence-electron chi connectivity index (χ0n) is 14.5. The van der Waals surface area contributed by atoms with Crippen LogP contribution < -0.4 is 0 Å². The van der Waals surface area contributed by atoms with Crippen LogP contribution in [0.1, 0.15) is 22.4 Å². The molecule has 8 heteroatoms. The van der Waals surface area contributed by atoms with Crippen molar-refractivity contribution < 1.29 is 4.79 Å². The average molecular weight is 368 g/mol. The van der Waals surface area contributed by atoms with Gasteiger partial charge in [-0.3, -0.25) is 19.4 Å². The summed E-state index contributed by atoms with van der Waals surface area (Å²) in [6, 6.07) is 7.38. The molecule has 134 valence electrons. The van der Waals surface area contributed by atoms with Gasteiger partial charge in [-0.05, 0) is 18.2 Å². The Morgan fingerprint density at radius 2 is 2.19 bits per heavy atom. The Kier molecular flexibility index (Phi) is 4.77. The molecule has 0 aromatic carbocycles. The molecule has 0 aliphatic carbocycles. The van der Waals surface area contributed by atoms with E-state index in [1.807, 2.05) is 47.6 Å². The molecule has 0 unspecified atom stereocenters. The zero-order chi connectivity index (χ0) is 17.9. The van der Waals surface area contributed by atoms with Crippen LogP contribution >= 0.6 is 11.3 Å². The normalized spacial score (nSPS) is 17.0. The van der Waals surface area contributed by atoms with Gasteiger partial charge in [0.15, 0.2) is 0 Å². The molecule has 7 nitrogen and oxygen atoms in total. The minimum atomic E-state index is -0.331. The second-order valence-corrected chi connectivity index (χ2v) is 7.37. The van der Waals surface area contributed by atoms with Gasteiger partial charge in [0.05, 0.1) is 24.5 Å². The molecule has 0 N–H and O–H groups in total. The Morgan fingerprint density at radius 3 is 2.96 bits per heavy atom. The van der Waals surface area contributed by atoms with Crippen molar-refractivity contribution in [3.8, 4) is 0 Å². The summed E-state index contributed by atoms with van der Waals surface area (Å²) in [5.74, 6) is 0.0458. The molecule has 3 aromatic rings. The molecule has 4 rings (SSSR count). The van der Waals surface area contributed by atoms with Crippen LogP contribution in [-0.2, 0) is 24.4 Å². The number of carbonyl (C=O) groups is 1. The van der Waals surface area contributed by atoms with E-state index in [9.17, 15) is 4.79 Å². The Labute approximate surface area is 155 Å². The molecule has 1 amide bonds. The fourth-order valence-corrected chi connectivity index (χ4v) is 3.91. The summed E-state index contributed by atoms with van der Waals surface area (Å²) < 4.78 is 1.86. The summed E-state index contributed by atoms with van der Waals surface area (Å²) in [7, 11) is 1.82. The maximum absolute atomic E-state index is 13.1. The Morgan fingerprint density at radius 1 is 1.27 bits per heavy atom. The second-order valence-electron chi connectivity index (χ2n) is 6.39. The fourth-order valence-electron chi connectivity index (χ4n) is 3.26. The molecule has 1 atom stereocenters. The lowest BCUT2D eigenvalue weighted by atomic mass is 10.1. The van der Waals surface area contributed by atoms with E-state index in [0.29, 0.717) is 13.1 Å². The van der Waals surface area contributed by atoms with Crippen molar-refractivity contribution in [3.05, 3.63) is 64.6 Å². The Balaban J connectivity index is 1.51. The highest BCUT2D eigenvalue weighted by atomic mass is 32.1. The smallest absolute Gasteiger partial charge is 0.248 e. The molecular formula is C18H20N6OS. The molecule has 26 heavy (non-hydrogen) atoms. The van der Waals surface area contributed by atoms with Crippen molar-refractivity contribution in [2.75, 3.05) is 13.6 Å². The van der Waals surface area contributed by atoms with Crippen LogP contribution in [0.2, 0.25) is 0 Å². The van der Waals surface area contributed by atoms with Gasteiger partial charge >= 0.3 is 0 Å². The van der Waals surface area contributed by atoms with Crippen LogP contribution in [0.15, 0.2) is 48.2 Å². The van der Waals surface area contributed by atoms with Gasteiger partial charge in [0.25, 0.3) is 0 Å². The van der Waals surface area contributed by atoms with Crippen molar-refractivity contribution in [1.82, 2.24) is 29.5 Å². The fraction of sp³-hybridized carbons (Fsp3) is 0.333. The highest BCUT2D eigenvalue weighted by Crippen LogP contribution is 2.24. The van der Waals surface area contributed by atoms with Crippen LogP contribution in [0.3, 0.4) is 0 Å². The number of rotatable bonds is 5. The molecule has 0 radical (unpaired) electrons. The molecule has 0 fully saturated rings. The van der Waals surface area contributed by atoms with Crippen LogP contribution in [0, 0.1) is 0 Å². The monoisotopic (exact) mass is 368 g/mol. The third-order valence-corrected chi connectivity index (χ3v) is 5.26. The Hall–Kier alpha value is -2.58. The first-order valence-electron chi connectivity index (χ1n) is 8.48. The molecule has 1 aliphatic rings. The van der Waals surface area contributed by atoms with E-state index < -0.39 is 0 Å². The lowest BCUT2D eigenvalue weighted by Crippen LogP contribution is -2.45. The summed E-state index contributed by atoms with van der Waals surface area (Å²) in [5, 5.41) is 7.43. The number of amides is 1. The van der Waals surface area contributed by atoms with Gasteiger partial charge in [-0.1, -0.05) is 6.07 Å². The first-order valence-corrected chi connectivity index (χ1v) is 9.36. The predicted molar refractivity (Wildman–Crippen MR) is 98.2 cm³/mol. The average Bonchev–Trinajstić information content (AvgIpc) is 3.33. The van der Waals surface area contributed by atoms with Gasteiger partial charge in [-0.15, -0.1) is 11.3 Å². The number of pyridine rings is 1. The predicted octanol–water partition coefficient (Wildman–Crippen LogP) is 1.95. The standard InChI is InChI=1S/C18H20N6OS/c1-22(10-14-4-2-3-6-19-14)18(25)16-12-23(13-17-20-8-9-26-17)11-15-5-7-21-24(15)16/h2-9,16H,10-13H2,1H3/t16-/m1/s1. The number of nitrogens with zero attached hydrogens (tertiary/aromatic N) is 6. The maximum atomic E-state index is 13.1. The number of fused-ring (bicyclic) bond motifs is 1. The Bertz CT molecular complexity index is 863. The summed E-state index contributed by atoms with van der Waals surface area (Å²) in [6.45, 7) is 2.63. The van der Waals surface area contributed by atoms with Crippen molar-refractivity contribution >= 4 is 17.2 Å². The van der Waals surface area contributed by atoms with E-state index in [2.05, 4.69) is 20.0 Å². The highest BCUT2D eigenvalue weighted by Gasteiger charge is 2.33. The van der Waals surface area contributed by atoms with Crippen molar-refractivity contribution in [1.29, 1.82) is 0 Å². The lowest BCUT2D eigenvalue weighted by Gasteiger charge is -2.34. The summed E-state index contributed by atoms with van der Waals surface area (Å²) >= 11 is 1.64. The van der Waals surface area contributed by atoms with Gasteiger partial charge in [0, 0.05) is 44.1 Å². The van der Waals surface area contributed by atoms with Gasteiger partial charge in [0.1, 0.15) is 11.0 Å². The van der Waals surface area contributed by atoms with E-state index in [1.165, 1.54) is 0 Å². The minimum Gasteiger partial charge on any atom is -0.338 e. The van der Waals surface area contributed by atoms with Crippen LogP contribution in [0.5, 0.6) is 0 Å². The van der Waals surface area contributed by atoms with Gasteiger partial charge in [0.2, 0.25) is 5.91 Å². The van der Waals surface area contributed by atoms with E-state index in [4.69, 9.17) is 0 Å². The SMILES string of the molecule is CN(Cc1ccccn1)C(=O)[C@H]1CN(Cc2nccs2)Cc2ccnn21. The quantitative estimate of drug-likeness (QED) is 0.689. The van der Waals surface area contributed by atoms with Crippen LogP contribution in [-0.4, -0.2) is 49.0 Å². The third kappa shape index (κ3) is 3.51. The highest BCUT2D eigenvalue weighted by molar-refractivity contribution is 7.09. The number of likely N-dealkylation sites (N-methyl/N-ethyl adjacent to an activating group) is 1. The number of carbonyl (C=O) groups excluding carboxylic acids is 1. The molecule has 3 aromatic heterocycles. The first kappa shape index (κ1) is 16.9. The van der Waals surface area contributed by atoms with Crippen molar-refractivity contribution in [3.63, 3.8) is 0 Å². The maximum Gasteiger partial charge on any atom is 0.248 e. The summed E-state index contributed by atoms with van der Waals surface area (Å²) in [6.07, 6.45) is 5.33. The van der Waals surface area contributed by atoms with Crippen molar-refractivity contribution in [2.24, 2.45) is 0 Å². The number of aromatic nitrogens is 4. The topological polar surface area (TPSA) is 67.2 Å². The lowest BCUT2D eigenvalue weighted by molar-refractivity contribution is -0.135. The number of hydrogen-bond acceptors (Lipinski definition) is 6. The van der Waals surface area contributed by atoms with Crippen molar-refractivity contribution in [2.45, 2.75) is 25.7 Å². The molecule has 0 spiro atoms. The molecule has 0 saturated heterocycles. The number of hydrogen-bond donors (Lipinski definition) is 0. The molecule has 0 saturated carbocycles. The molecule has 1 aliphatic heterocycles. The van der Waals surface area contributed by atoms with Gasteiger partial charge in [-0.25, -0.2) is 4.98 Å². The molecule has 4 heterocycles. The minimum absolute atomic E-state index is 0.0458. The van der Waals surface area contributed by atoms with Crippen LogP contribution in [0.25, 0.3) is 0 Å². The third-order valence-electron chi connectivity index (χ3n) is 4.49. The largest absolute Gasteiger partial charge is 0.338 e. The second kappa shape index (κ2) is 7.35. The van der Waals surface area contributed by atoms with Crippen LogP contribution in [0.4, 0.5) is 0 Å². The molecule has 0 bridgehead atoms. The van der Waals surface area contributed by atoms with E-state index >= 15 is 0 Å².